The SMILES string of the molecule is CC(C)(C)OC(=O)N1CCC(c2cn(Cc3ccccc3C(F)(F)F)c3ccccc23)CC1. The van der Waals surface area contributed by atoms with Gasteiger partial charge >= 0.3 is 12.3 Å². The Labute approximate surface area is 191 Å². The van der Waals surface area contributed by atoms with Crippen LogP contribution in [0.25, 0.3) is 10.9 Å². The number of amides is 1. The minimum atomic E-state index is -4.39. The summed E-state index contributed by atoms with van der Waals surface area (Å²) in [6.45, 7) is 6.88. The van der Waals surface area contributed by atoms with Gasteiger partial charge in [-0.2, -0.15) is 13.2 Å². The molecule has 1 saturated heterocycles. The van der Waals surface area contributed by atoms with Gasteiger partial charge in [0.05, 0.1) is 5.56 Å². The number of ether oxygens (including phenoxy) is 1. The number of hydrogen-bond acceptors (Lipinski definition) is 2. The van der Waals surface area contributed by atoms with Crippen molar-refractivity contribution in [3.8, 4) is 0 Å². The molecule has 1 aliphatic heterocycles. The van der Waals surface area contributed by atoms with Gasteiger partial charge in [-0.05, 0) is 62.8 Å². The van der Waals surface area contributed by atoms with Crippen molar-refractivity contribution in [2.75, 3.05) is 13.1 Å². The highest BCUT2D eigenvalue weighted by Crippen LogP contribution is 2.37. The third-order valence-electron chi connectivity index (χ3n) is 6.07. The Kier molecular flexibility index (Phi) is 6.16. The highest BCUT2D eigenvalue weighted by atomic mass is 19.4. The number of hydrogen-bond donors (Lipinski definition) is 0. The predicted octanol–water partition coefficient (Wildman–Crippen LogP) is 6.82. The molecule has 176 valence electrons. The number of para-hydroxylation sites is 1. The van der Waals surface area contributed by atoms with E-state index in [0.717, 1.165) is 35.4 Å². The molecular weight excluding hydrogens is 429 g/mol. The highest BCUT2D eigenvalue weighted by Gasteiger charge is 2.33. The smallest absolute Gasteiger partial charge is 0.416 e. The van der Waals surface area contributed by atoms with Crippen molar-refractivity contribution in [3.05, 3.63) is 71.4 Å². The fourth-order valence-electron chi connectivity index (χ4n) is 4.55. The lowest BCUT2D eigenvalue weighted by Crippen LogP contribution is -2.41. The van der Waals surface area contributed by atoms with E-state index in [-0.39, 0.29) is 24.1 Å². The molecule has 0 saturated carbocycles. The molecule has 33 heavy (non-hydrogen) atoms. The maximum Gasteiger partial charge on any atom is 0.416 e. The summed E-state index contributed by atoms with van der Waals surface area (Å²) in [5.74, 6) is 0.229. The molecule has 7 heteroatoms. The van der Waals surface area contributed by atoms with E-state index in [2.05, 4.69) is 0 Å². The largest absolute Gasteiger partial charge is 0.444 e. The van der Waals surface area contributed by atoms with Crippen LogP contribution >= 0.6 is 0 Å². The Morgan fingerprint density at radius 2 is 1.64 bits per heavy atom. The van der Waals surface area contributed by atoms with Gasteiger partial charge in [-0.25, -0.2) is 4.79 Å². The van der Waals surface area contributed by atoms with E-state index in [0.29, 0.717) is 13.1 Å². The van der Waals surface area contributed by atoms with Gasteiger partial charge in [0.15, 0.2) is 0 Å². The normalized spacial score (nSPS) is 15.8. The zero-order valence-electron chi connectivity index (χ0n) is 19.2. The Balaban J connectivity index is 1.58. The maximum atomic E-state index is 13.5. The Hall–Kier alpha value is -2.96. The monoisotopic (exact) mass is 458 g/mol. The van der Waals surface area contributed by atoms with E-state index in [1.807, 2.05) is 55.8 Å². The van der Waals surface area contributed by atoms with Crippen molar-refractivity contribution in [1.29, 1.82) is 0 Å². The quantitative estimate of drug-likeness (QED) is 0.431. The van der Waals surface area contributed by atoms with E-state index in [1.54, 1.807) is 11.0 Å². The predicted molar refractivity (Wildman–Crippen MR) is 122 cm³/mol. The first kappa shape index (κ1) is 23.2. The molecule has 0 aliphatic carbocycles. The number of carbonyl (C=O) groups excluding carboxylic acids is 1. The van der Waals surface area contributed by atoms with Crippen molar-refractivity contribution in [2.24, 2.45) is 0 Å². The second-order valence-corrected chi connectivity index (χ2v) is 9.63. The lowest BCUT2D eigenvalue weighted by molar-refractivity contribution is -0.138. The summed E-state index contributed by atoms with van der Waals surface area (Å²) < 4.78 is 47.9. The molecule has 0 spiro atoms. The fraction of sp³-hybridized carbons (Fsp3) is 0.423. The van der Waals surface area contributed by atoms with Gasteiger partial charge in [0, 0.05) is 36.7 Å². The van der Waals surface area contributed by atoms with Gasteiger partial charge in [-0.15, -0.1) is 0 Å². The molecule has 4 rings (SSSR count). The summed E-state index contributed by atoms with van der Waals surface area (Å²) in [5, 5.41) is 1.05. The van der Waals surface area contributed by atoms with Gasteiger partial charge in [-0.3, -0.25) is 0 Å². The molecule has 1 amide bonds. The number of alkyl halides is 3. The maximum absolute atomic E-state index is 13.5. The number of piperidine rings is 1. The lowest BCUT2D eigenvalue weighted by Gasteiger charge is -2.33. The molecule has 4 nitrogen and oxygen atoms in total. The van der Waals surface area contributed by atoms with Crippen LogP contribution in [0, 0.1) is 0 Å². The molecule has 2 heterocycles. The van der Waals surface area contributed by atoms with Gasteiger partial charge in [0.1, 0.15) is 5.60 Å². The molecule has 1 aromatic heterocycles. The minimum Gasteiger partial charge on any atom is -0.444 e. The van der Waals surface area contributed by atoms with Gasteiger partial charge in [-0.1, -0.05) is 36.4 Å². The Morgan fingerprint density at radius 1 is 1.00 bits per heavy atom. The molecule has 0 N–H and O–H groups in total. The first-order valence-corrected chi connectivity index (χ1v) is 11.2. The van der Waals surface area contributed by atoms with E-state index in [9.17, 15) is 18.0 Å². The molecule has 2 aromatic carbocycles. The third-order valence-corrected chi connectivity index (χ3v) is 6.07. The van der Waals surface area contributed by atoms with Crippen molar-refractivity contribution in [1.82, 2.24) is 9.47 Å². The summed E-state index contributed by atoms with van der Waals surface area (Å²) >= 11 is 0. The summed E-state index contributed by atoms with van der Waals surface area (Å²) in [6.07, 6.45) is -1.13. The van der Waals surface area contributed by atoms with Crippen LogP contribution < -0.4 is 0 Å². The Morgan fingerprint density at radius 3 is 2.30 bits per heavy atom. The van der Waals surface area contributed by atoms with Gasteiger partial charge in [0.25, 0.3) is 0 Å². The van der Waals surface area contributed by atoms with Crippen LogP contribution in [0.15, 0.2) is 54.7 Å². The van der Waals surface area contributed by atoms with Crippen LogP contribution in [0.2, 0.25) is 0 Å². The number of aromatic nitrogens is 1. The van der Waals surface area contributed by atoms with Crippen LogP contribution in [0.4, 0.5) is 18.0 Å². The van der Waals surface area contributed by atoms with E-state index >= 15 is 0 Å². The average Bonchev–Trinajstić information content (AvgIpc) is 3.11. The zero-order chi connectivity index (χ0) is 23.8. The third kappa shape index (κ3) is 5.18. The number of rotatable bonds is 3. The molecule has 1 aliphatic rings. The average molecular weight is 459 g/mol. The molecular formula is C26H29F3N2O2. The first-order chi connectivity index (χ1) is 15.5. The van der Waals surface area contributed by atoms with Crippen LogP contribution in [-0.2, 0) is 17.5 Å². The number of fused-ring (bicyclic) bond motifs is 1. The van der Waals surface area contributed by atoms with Crippen LogP contribution in [0.5, 0.6) is 0 Å². The molecule has 0 unspecified atom stereocenters. The summed E-state index contributed by atoms with van der Waals surface area (Å²) in [6, 6.07) is 13.6. The van der Waals surface area contributed by atoms with Crippen LogP contribution in [0.1, 0.15) is 56.2 Å². The molecule has 3 aromatic rings. The van der Waals surface area contributed by atoms with Crippen molar-refractivity contribution >= 4 is 17.0 Å². The lowest BCUT2D eigenvalue weighted by atomic mass is 9.89. The van der Waals surface area contributed by atoms with Crippen molar-refractivity contribution in [2.45, 2.75) is 57.9 Å². The number of carbonyl (C=O) groups is 1. The number of benzene rings is 2. The zero-order valence-corrected chi connectivity index (χ0v) is 19.2. The number of nitrogens with zero attached hydrogens (tertiary/aromatic N) is 2. The fourth-order valence-corrected chi connectivity index (χ4v) is 4.55. The molecule has 1 fully saturated rings. The first-order valence-electron chi connectivity index (χ1n) is 11.2. The van der Waals surface area contributed by atoms with Crippen LogP contribution in [0.3, 0.4) is 0 Å². The van der Waals surface area contributed by atoms with Gasteiger partial charge < -0.3 is 14.2 Å². The second-order valence-electron chi connectivity index (χ2n) is 9.63. The second kappa shape index (κ2) is 8.76. The van der Waals surface area contributed by atoms with E-state index < -0.39 is 17.3 Å². The van der Waals surface area contributed by atoms with Crippen molar-refractivity contribution < 1.29 is 22.7 Å². The topological polar surface area (TPSA) is 34.5 Å². The summed E-state index contributed by atoms with van der Waals surface area (Å²) in [4.78, 5) is 14.1. The molecule has 0 radical (unpaired) electrons. The van der Waals surface area contributed by atoms with Crippen molar-refractivity contribution in [3.63, 3.8) is 0 Å². The summed E-state index contributed by atoms with van der Waals surface area (Å²) in [7, 11) is 0. The number of halogens is 3. The van der Waals surface area contributed by atoms with E-state index in [4.69, 9.17) is 4.74 Å². The van der Waals surface area contributed by atoms with Crippen LogP contribution in [-0.4, -0.2) is 34.3 Å². The molecule has 0 atom stereocenters. The van der Waals surface area contributed by atoms with Gasteiger partial charge in [0.2, 0.25) is 0 Å². The summed E-state index contributed by atoms with van der Waals surface area (Å²) in [5.41, 5.74) is 1.15. The minimum absolute atomic E-state index is 0.146. The standard InChI is InChI=1S/C26H29F3N2O2/c1-25(2,3)33-24(32)30-14-12-18(13-15-30)21-17-31(23-11-7-5-9-20(21)23)16-19-8-4-6-10-22(19)26(27,28)29/h4-11,17-18H,12-16H2,1-3H3. The number of likely N-dealkylation sites (tertiary alicyclic amines) is 1. The molecule has 0 bridgehead atoms. The highest BCUT2D eigenvalue weighted by molar-refractivity contribution is 5.84. The Bertz CT molecular complexity index is 1140. The van der Waals surface area contributed by atoms with E-state index in [1.165, 1.54) is 12.1 Å².